The van der Waals surface area contributed by atoms with Gasteiger partial charge in [-0.25, -0.2) is 4.79 Å². The molecule has 0 saturated carbocycles. The average molecular weight is 215 g/mol. The zero-order valence-corrected chi connectivity index (χ0v) is 9.10. The molecule has 0 aliphatic heterocycles. The molecule has 0 heterocycles. The summed E-state index contributed by atoms with van der Waals surface area (Å²) < 4.78 is 0. The maximum absolute atomic E-state index is 10.6. The van der Waals surface area contributed by atoms with Crippen molar-refractivity contribution < 1.29 is 9.90 Å². The molecular formula is C13H13NO2. The third-order valence-electron chi connectivity index (χ3n) is 2.18. The maximum Gasteiger partial charge on any atom is 0.346 e. The van der Waals surface area contributed by atoms with E-state index in [1.54, 1.807) is 6.07 Å². The molecule has 3 nitrogen and oxygen atoms in total. The summed E-state index contributed by atoms with van der Waals surface area (Å²) in [6.45, 7) is 2.10. The lowest BCUT2D eigenvalue weighted by molar-refractivity contribution is -0.132. The van der Waals surface area contributed by atoms with Crippen LogP contribution in [0, 0.1) is 11.3 Å². The van der Waals surface area contributed by atoms with Crippen LogP contribution in [0.5, 0.6) is 0 Å². The van der Waals surface area contributed by atoms with Crippen molar-refractivity contribution in [1.82, 2.24) is 0 Å². The van der Waals surface area contributed by atoms with Crippen LogP contribution in [0.25, 0.3) is 6.08 Å². The summed E-state index contributed by atoms with van der Waals surface area (Å²) in [7, 11) is 0. The first-order chi connectivity index (χ1) is 7.67. The van der Waals surface area contributed by atoms with Gasteiger partial charge in [0.05, 0.1) is 0 Å². The van der Waals surface area contributed by atoms with E-state index in [0.29, 0.717) is 0 Å². The molecule has 0 aliphatic carbocycles. The number of nitriles is 1. The molecule has 16 heavy (non-hydrogen) atoms. The smallest absolute Gasteiger partial charge is 0.346 e. The van der Waals surface area contributed by atoms with Crippen LogP contribution >= 0.6 is 0 Å². The van der Waals surface area contributed by atoms with Gasteiger partial charge in [0.1, 0.15) is 11.6 Å². The molecule has 0 amide bonds. The number of carboxylic acid groups (broad SMARTS) is 1. The Morgan fingerprint density at radius 2 is 2.06 bits per heavy atom. The van der Waals surface area contributed by atoms with E-state index in [0.717, 1.165) is 18.4 Å². The number of hydrogen-bond donors (Lipinski definition) is 1. The van der Waals surface area contributed by atoms with Crippen molar-refractivity contribution >= 4 is 12.0 Å². The lowest BCUT2D eigenvalue weighted by atomic mass is 10.1. The van der Waals surface area contributed by atoms with E-state index in [2.05, 4.69) is 6.92 Å². The standard InChI is InChI=1S/C13H13NO2/c1-2-3-10-4-6-11(7-5-10)8-12(9-14)13(15)16/h4-8H,2-3H2,1H3,(H,15,16)/b12-8-. The second-order valence-corrected chi connectivity index (χ2v) is 3.47. The Balaban J connectivity index is 2.90. The quantitative estimate of drug-likeness (QED) is 0.620. The van der Waals surface area contributed by atoms with Crippen LogP contribution in [0.2, 0.25) is 0 Å². The van der Waals surface area contributed by atoms with Crippen molar-refractivity contribution in [2.24, 2.45) is 0 Å². The normalized spacial score (nSPS) is 10.9. The Bertz CT molecular complexity index is 438. The van der Waals surface area contributed by atoms with Gasteiger partial charge in [-0.2, -0.15) is 5.26 Å². The fraction of sp³-hybridized carbons (Fsp3) is 0.231. The third-order valence-corrected chi connectivity index (χ3v) is 2.18. The summed E-state index contributed by atoms with van der Waals surface area (Å²) in [5.41, 5.74) is 1.70. The minimum atomic E-state index is -1.19. The average Bonchev–Trinajstić information content (AvgIpc) is 2.28. The van der Waals surface area contributed by atoms with Crippen molar-refractivity contribution in [3.63, 3.8) is 0 Å². The van der Waals surface area contributed by atoms with Gasteiger partial charge in [-0.3, -0.25) is 0 Å². The van der Waals surface area contributed by atoms with E-state index in [9.17, 15) is 4.79 Å². The van der Waals surface area contributed by atoms with Gasteiger partial charge in [-0.15, -0.1) is 0 Å². The summed E-state index contributed by atoms with van der Waals surface area (Å²) in [4.78, 5) is 10.6. The first-order valence-electron chi connectivity index (χ1n) is 5.11. The molecule has 0 fully saturated rings. The molecule has 0 spiro atoms. The van der Waals surface area contributed by atoms with Gasteiger partial charge in [0.15, 0.2) is 0 Å². The van der Waals surface area contributed by atoms with Crippen molar-refractivity contribution in [3.05, 3.63) is 41.0 Å². The van der Waals surface area contributed by atoms with Gasteiger partial charge in [0.2, 0.25) is 0 Å². The SMILES string of the molecule is CCCc1ccc(/C=C(/C#N)C(=O)O)cc1. The second kappa shape index (κ2) is 5.72. The Labute approximate surface area is 94.6 Å². The van der Waals surface area contributed by atoms with Crippen molar-refractivity contribution in [2.75, 3.05) is 0 Å². The highest BCUT2D eigenvalue weighted by Crippen LogP contribution is 2.10. The Hall–Kier alpha value is -2.08. The van der Waals surface area contributed by atoms with E-state index >= 15 is 0 Å². The van der Waals surface area contributed by atoms with Crippen LogP contribution in [0.15, 0.2) is 29.8 Å². The summed E-state index contributed by atoms with van der Waals surface area (Å²) >= 11 is 0. The van der Waals surface area contributed by atoms with E-state index in [-0.39, 0.29) is 5.57 Å². The van der Waals surface area contributed by atoms with Crippen LogP contribution in [-0.2, 0) is 11.2 Å². The van der Waals surface area contributed by atoms with Crippen LogP contribution in [-0.4, -0.2) is 11.1 Å². The molecule has 0 radical (unpaired) electrons. The molecule has 1 rings (SSSR count). The fourth-order valence-corrected chi connectivity index (χ4v) is 1.38. The summed E-state index contributed by atoms with van der Waals surface area (Å²) in [6, 6.07) is 9.20. The lowest BCUT2D eigenvalue weighted by Gasteiger charge is -1.99. The van der Waals surface area contributed by atoms with Gasteiger partial charge in [-0.1, -0.05) is 37.6 Å². The van der Waals surface area contributed by atoms with E-state index in [1.807, 2.05) is 24.3 Å². The fourth-order valence-electron chi connectivity index (χ4n) is 1.38. The van der Waals surface area contributed by atoms with Gasteiger partial charge in [0, 0.05) is 0 Å². The molecule has 1 aromatic rings. The van der Waals surface area contributed by atoms with Crippen LogP contribution in [0.4, 0.5) is 0 Å². The molecule has 0 saturated heterocycles. The van der Waals surface area contributed by atoms with Crippen molar-refractivity contribution in [1.29, 1.82) is 5.26 Å². The Morgan fingerprint density at radius 3 is 2.50 bits per heavy atom. The van der Waals surface area contributed by atoms with Gasteiger partial charge >= 0.3 is 5.97 Å². The number of rotatable bonds is 4. The van der Waals surface area contributed by atoms with Crippen molar-refractivity contribution in [3.8, 4) is 6.07 Å². The molecule has 0 aliphatic rings. The zero-order valence-electron chi connectivity index (χ0n) is 9.10. The van der Waals surface area contributed by atoms with Crippen molar-refractivity contribution in [2.45, 2.75) is 19.8 Å². The van der Waals surface area contributed by atoms with Crippen LogP contribution in [0.3, 0.4) is 0 Å². The van der Waals surface area contributed by atoms with Crippen LogP contribution in [0.1, 0.15) is 24.5 Å². The number of carboxylic acids is 1. The van der Waals surface area contributed by atoms with Crippen LogP contribution < -0.4 is 0 Å². The van der Waals surface area contributed by atoms with E-state index in [1.165, 1.54) is 11.6 Å². The zero-order chi connectivity index (χ0) is 12.0. The second-order valence-electron chi connectivity index (χ2n) is 3.47. The summed E-state index contributed by atoms with van der Waals surface area (Å²) in [5.74, 6) is -1.19. The predicted octanol–water partition coefficient (Wildman–Crippen LogP) is 2.63. The first kappa shape index (κ1) is 12.0. The maximum atomic E-state index is 10.6. The molecule has 1 aromatic carbocycles. The number of aliphatic carboxylic acids is 1. The Morgan fingerprint density at radius 1 is 1.44 bits per heavy atom. The first-order valence-corrected chi connectivity index (χ1v) is 5.11. The number of nitrogens with zero attached hydrogens (tertiary/aromatic N) is 1. The summed E-state index contributed by atoms with van der Waals surface area (Å²) in [5, 5.41) is 17.3. The molecule has 82 valence electrons. The third kappa shape index (κ3) is 3.25. The molecule has 3 heteroatoms. The number of benzene rings is 1. The molecule has 1 N–H and O–H groups in total. The highest BCUT2D eigenvalue weighted by atomic mass is 16.4. The van der Waals surface area contributed by atoms with E-state index < -0.39 is 5.97 Å². The number of carbonyl (C=O) groups is 1. The number of aryl methyl sites for hydroxylation is 1. The molecule has 0 aromatic heterocycles. The van der Waals surface area contributed by atoms with Gasteiger partial charge < -0.3 is 5.11 Å². The topological polar surface area (TPSA) is 61.1 Å². The summed E-state index contributed by atoms with van der Waals surface area (Å²) in [6.07, 6.45) is 3.46. The largest absolute Gasteiger partial charge is 0.477 e. The van der Waals surface area contributed by atoms with E-state index in [4.69, 9.17) is 10.4 Å². The highest BCUT2D eigenvalue weighted by molar-refractivity contribution is 5.96. The van der Waals surface area contributed by atoms with Gasteiger partial charge in [0.25, 0.3) is 0 Å². The highest BCUT2D eigenvalue weighted by Gasteiger charge is 2.05. The lowest BCUT2D eigenvalue weighted by Crippen LogP contribution is -1.97. The predicted molar refractivity (Wildman–Crippen MR) is 61.7 cm³/mol. The molecule has 0 unspecified atom stereocenters. The monoisotopic (exact) mass is 215 g/mol. The molecular weight excluding hydrogens is 202 g/mol. The minimum absolute atomic E-state index is 0.247. The number of hydrogen-bond acceptors (Lipinski definition) is 2. The van der Waals surface area contributed by atoms with Gasteiger partial charge in [-0.05, 0) is 23.6 Å². The Kier molecular flexibility index (Phi) is 4.28. The molecule has 0 atom stereocenters. The molecule has 0 bridgehead atoms. The minimum Gasteiger partial charge on any atom is -0.477 e.